The average molecular weight is 531 g/mol. The molecule has 37 heavy (non-hydrogen) atoms. The summed E-state index contributed by atoms with van der Waals surface area (Å²) >= 11 is 7.39. The Labute approximate surface area is 225 Å². The summed E-state index contributed by atoms with van der Waals surface area (Å²) < 4.78 is 0. The van der Waals surface area contributed by atoms with Gasteiger partial charge in [-0.2, -0.15) is 10.1 Å². The number of aryl methyl sites for hydroxylation is 3. The van der Waals surface area contributed by atoms with Gasteiger partial charge in [0, 0.05) is 23.6 Å². The van der Waals surface area contributed by atoms with Gasteiger partial charge in [0.05, 0.1) is 11.8 Å². The Morgan fingerprint density at radius 2 is 1.76 bits per heavy atom. The number of nitrogens with zero attached hydrogens (tertiary/aromatic N) is 3. The zero-order chi connectivity index (χ0) is 26.1. The third kappa shape index (κ3) is 5.63. The van der Waals surface area contributed by atoms with Gasteiger partial charge in [0.1, 0.15) is 5.25 Å². The van der Waals surface area contributed by atoms with Gasteiger partial charge in [-0.05, 0) is 67.3 Å². The van der Waals surface area contributed by atoms with Gasteiger partial charge in [0.15, 0.2) is 5.17 Å². The molecule has 0 aromatic heterocycles. The molecule has 0 spiro atoms. The minimum Gasteiger partial charge on any atom is -0.326 e. The van der Waals surface area contributed by atoms with Crippen molar-refractivity contribution < 1.29 is 9.59 Å². The van der Waals surface area contributed by atoms with Crippen LogP contribution in [-0.4, -0.2) is 33.0 Å². The Kier molecular flexibility index (Phi) is 7.17. The molecule has 2 aliphatic rings. The van der Waals surface area contributed by atoms with Gasteiger partial charge in [-0.1, -0.05) is 71.4 Å². The van der Waals surface area contributed by atoms with Crippen molar-refractivity contribution in [2.75, 3.05) is 5.32 Å². The van der Waals surface area contributed by atoms with Gasteiger partial charge in [-0.15, -0.1) is 0 Å². The highest BCUT2D eigenvalue weighted by Crippen LogP contribution is 2.38. The first-order chi connectivity index (χ1) is 17.8. The van der Waals surface area contributed by atoms with E-state index < -0.39 is 5.25 Å². The van der Waals surface area contributed by atoms with E-state index in [0.717, 1.165) is 33.7 Å². The molecule has 6 nitrogen and oxygen atoms in total. The average Bonchev–Trinajstić information content (AvgIpc) is 3.46. The molecule has 0 fully saturated rings. The number of rotatable bonds is 5. The molecule has 5 rings (SSSR count). The Balaban J connectivity index is 1.34. The molecular weight excluding hydrogens is 504 g/mol. The maximum Gasteiger partial charge on any atom is 0.262 e. The van der Waals surface area contributed by atoms with Gasteiger partial charge in [-0.25, -0.2) is 5.01 Å². The van der Waals surface area contributed by atoms with E-state index in [1.54, 1.807) is 0 Å². The van der Waals surface area contributed by atoms with E-state index >= 15 is 0 Å². The van der Waals surface area contributed by atoms with Crippen molar-refractivity contribution in [3.8, 4) is 0 Å². The largest absolute Gasteiger partial charge is 0.326 e. The second-order valence-corrected chi connectivity index (χ2v) is 11.0. The number of nitrogens with one attached hydrogen (secondary N) is 1. The van der Waals surface area contributed by atoms with E-state index in [0.29, 0.717) is 16.6 Å². The lowest BCUT2D eigenvalue weighted by atomic mass is 9.98. The fourth-order valence-electron chi connectivity index (χ4n) is 4.36. The number of benzene rings is 3. The van der Waals surface area contributed by atoms with Crippen LogP contribution in [0, 0.1) is 20.8 Å². The minimum atomic E-state index is -0.588. The third-order valence-corrected chi connectivity index (χ3v) is 8.03. The quantitative estimate of drug-likeness (QED) is 0.411. The highest BCUT2D eigenvalue weighted by atomic mass is 35.5. The number of carbonyl (C=O) groups excluding carboxylic acids is 2. The molecule has 0 unspecified atom stereocenters. The van der Waals surface area contributed by atoms with Crippen LogP contribution in [0.15, 0.2) is 76.8 Å². The summed E-state index contributed by atoms with van der Waals surface area (Å²) in [5.41, 5.74) is 7.11. The van der Waals surface area contributed by atoms with E-state index in [1.165, 1.54) is 17.3 Å². The van der Waals surface area contributed by atoms with Gasteiger partial charge < -0.3 is 5.32 Å². The summed E-state index contributed by atoms with van der Waals surface area (Å²) in [4.78, 5) is 29.9. The molecule has 0 bridgehead atoms. The molecule has 3 aromatic carbocycles. The number of hydrogen-bond acceptors (Lipinski definition) is 5. The molecule has 1 N–H and O–H groups in total. The maximum atomic E-state index is 12.8. The van der Waals surface area contributed by atoms with Crippen LogP contribution < -0.4 is 5.32 Å². The summed E-state index contributed by atoms with van der Waals surface area (Å²) in [6.45, 7) is 6.08. The first-order valence-corrected chi connectivity index (χ1v) is 13.4. The number of thioether (sulfide) groups is 1. The Hall–Kier alpha value is -3.42. The lowest BCUT2D eigenvalue weighted by Crippen LogP contribution is -2.25. The van der Waals surface area contributed by atoms with Crippen LogP contribution in [0.3, 0.4) is 0 Å². The zero-order valence-electron chi connectivity index (χ0n) is 20.9. The Morgan fingerprint density at radius 1 is 1.03 bits per heavy atom. The molecule has 188 valence electrons. The second kappa shape index (κ2) is 10.5. The van der Waals surface area contributed by atoms with Gasteiger partial charge in [0.2, 0.25) is 5.91 Å². The van der Waals surface area contributed by atoms with E-state index in [4.69, 9.17) is 16.7 Å². The van der Waals surface area contributed by atoms with Crippen molar-refractivity contribution in [1.29, 1.82) is 0 Å². The van der Waals surface area contributed by atoms with Crippen LogP contribution in [0.4, 0.5) is 5.69 Å². The first-order valence-electron chi connectivity index (χ1n) is 12.1. The molecule has 2 amide bonds. The first kappa shape index (κ1) is 25.2. The molecule has 0 saturated heterocycles. The molecule has 2 heterocycles. The summed E-state index contributed by atoms with van der Waals surface area (Å²) in [5, 5.41) is 10.2. The molecule has 2 atom stereocenters. The van der Waals surface area contributed by atoms with Gasteiger partial charge in [-0.3, -0.25) is 9.59 Å². The van der Waals surface area contributed by atoms with E-state index in [1.807, 2.05) is 61.3 Å². The van der Waals surface area contributed by atoms with Crippen LogP contribution >= 0.6 is 23.4 Å². The highest BCUT2D eigenvalue weighted by molar-refractivity contribution is 8.15. The predicted octanol–water partition coefficient (Wildman–Crippen LogP) is 6.44. The van der Waals surface area contributed by atoms with Crippen molar-refractivity contribution in [3.05, 3.63) is 99.6 Å². The van der Waals surface area contributed by atoms with E-state index in [-0.39, 0.29) is 24.3 Å². The number of hydrazone groups is 1. The second-order valence-electron chi connectivity index (χ2n) is 9.42. The summed E-state index contributed by atoms with van der Waals surface area (Å²) in [6.07, 6.45) is 0.705. The zero-order valence-corrected chi connectivity index (χ0v) is 22.4. The minimum absolute atomic E-state index is 0.0419. The Morgan fingerprint density at radius 3 is 2.46 bits per heavy atom. The monoisotopic (exact) mass is 530 g/mol. The van der Waals surface area contributed by atoms with E-state index in [2.05, 4.69) is 41.5 Å². The van der Waals surface area contributed by atoms with Crippen molar-refractivity contribution >= 4 is 51.7 Å². The Bertz CT molecular complexity index is 1420. The van der Waals surface area contributed by atoms with Crippen LogP contribution in [0.25, 0.3) is 0 Å². The molecule has 0 saturated carbocycles. The molecule has 8 heteroatoms. The predicted molar refractivity (Wildman–Crippen MR) is 151 cm³/mol. The molecule has 0 radical (unpaired) electrons. The molecule has 2 aliphatic heterocycles. The number of hydrogen-bond donors (Lipinski definition) is 1. The summed E-state index contributed by atoms with van der Waals surface area (Å²) in [7, 11) is 0. The standard InChI is InChI=1S/C29H27ClN4O2S/c1-17-4-7-21(8-5-17)25-15-24(20-9-11-22(30)12-10-20)33-34(25)29-32-28(36)26(37-29)16-27(35)31-23-13-6-18(2)19(3)14-23/h4-14,25-26H,15-16H2,1-3H3,(H,31,35)/t25-,26+/m0/s1. The van der Waals surface area contributed by atoms with Gasteiger partial charge >= 0.3 is 0 Å². The van der Waals surface area contributed by atoms with Crippen LogP contribution in [0.1, 0.15) is 46.7 Å². The van der Waals surface area contributed by atoms with Crippen LogP contribution in [0.2, 0.25) is 5.02 Å². The number of amides is 2. The van der Waals surface area contributed by atoms with E-state index in [9.17, 15) is 9.59 Å². The third-order valence-electron chi connectivity index (χ3n) is 6.64. The van der Waals surface area contributed by atoms with Crippen molar-refractivity contribution in [2.24, 2.45) is 10.1 Å². The smallest absolute Gasteiger partial charge is 0.262 e. The van der Waals surface area contributed by atoms with Crippen molar-refractivity contribution in [2.45, 2.75) is 44.9 Å². The fourth-order valence-corrected chi connectivity index (χ4v) is 5.54. The lowest BCUT2D eigenvalue weighted by Gasteiger charge is -2.23. The fraction of sp³-hybridized carbons (Fsp3) is 0.241. The lowest BCUT2D eigenvalue weighted by molar-refractivity contribution is -0.121. The number of carbonyl (C=O) groups is 2. The number of halogens is 1. The highest BCUT2D eigenvalue weighted by Gasteiger charge is 2.39. The topological polar surface area (TPSA) is 74.1 Å². The maximum absolute atomic E-state index is 12.8. The van der Waals surface area contributed by atoms with Gasteiger partial charge in [0.25, 0.3) is 5.91 Å². The van der Waals surface area contributed by atoms with Crippen LogP contribution in [0.5, 0.6) is 0 Å². The number of anilines is 1. The summed E-state index contributed by atoms with van der Waals surface area (Å²) in [5.74, 6) is -0.527. The van der Waals surface area contributed by atoms with Crippen molar-refractivity contribution in [3.63, 3.8) is 0 Å². The molecular formula is C29H27ClN4O2S. The molecule has 3 aromatic rings. The van der Waals surface area contributed by atoms with Crippen molar-refractivity contribution in [1.82, 2.24) is 5.01 Å². The number of aliphatic imine (C=N–C) groups is 1. The SMILES string of the molecule is Cc1ccc([C@@H]2CC(c3ccc(Cl)cc3)=NN2C2=NC(=O)[C@@H](CC(=O)Nc3ccc(C)c(C)c3)S2)cc1. The normalized spacial score (nSPS) is 19.1. The summed E-state index contributed by atoms with van der Waals surface area (Å²) in [6, 6.07) is 21.6. The number of amidine groups is 1. The molecule has 0 aliphatic carbocycles. The van der Waals surface area contributed by atoms with Crippen LogP contribution in [-0.2, 0) is 9.59 Å².